The number of carbonyl (C=O) groups excluding carboxylic acids is 1. The highest BCUT2D eigenvalue weighted by atomic mass is 16.5. The minimum atomic E-state index is -0.406. The third-order valence-electron chi connectivity index (χ3n) is 1.68. The van der Waals surface area contributed by atoms with Crippen molar-refractivity contribution in [3.63, 3.8) is 0 Å². The minimum absolute atomic E-state index is 0.113. The second-order valence-corrected chi connectivity index (χ2v) is 3.77. The van der Waals surface area contributed by atoms with Crippen molar-refractivity contribution in [1.82, 2.24) is 15.5 Å². The van der Waals surface area contributed by atoms with Crippen molar-refractivity contribution in [2.45, 2.75) is 26.8 Å². The molecule has 0 aliphatic rings. The van der Waals surface area contributed by atoms with E-state index in [-0.39, 0.29) is 6.54 Å². The lowest BCUT2D eigenvalue weighted by molar-refractivity contribution is -0.117. The molecule has 0 bridgehead atoms. The summed E-state index contributed by atoms with van der Waals surface area (Å²) in [7, 11) is 0. The Hall–Kier alpha value is -1.43. The number of hydrogen-bond donors (Lipinski definition) is 2. The Kier molecular flexibility index (Phi) is 4.23. The van der Waals surface area contributed by atoms with Crippen molar-refractivity contribution >= 4 is 5.91 Å². The molecule has 1 aromatic heterocycles. The van der Waals surface area contributed by atoms with Crippen molar-refractivity contribution in [3.8, 4) is 0 Å². The number of nitrogens with one attached hydrogen (secondary N) is 1. The summed E-state index contributed by atoms with van der Waals surface area (Å²) in [6.07, 6.45) is 0.791. The predicted octanol–water partition coefficient (Wildman–Crippen LogP) is -0.157. The van der Waals surface area contributed by atoms with Crippen LogP contribution in [0.5, 0.6) is 0 Å². The van der Waals surface area contributed by atoms with E-state index in [4.69, 9.17) is 10.3 Å². The maximum atomic E-state index is 10.4. The standard InChI is InChI=1S/C9H16N4O2/c1-6(2)3-8-12-9(15-13-8)5-11-4-7(10)14/h6,11H,3-5H2,1-2H3,(H2,10,14). The third kappa shape index (κ3) is 4.55. The van der Waals surface area contributed by atoms with Gasteiger partial charge in [-0.1, -0.05) is 19.0 Å². The molecule has 0 saturated carbocycles. The quantitative estimate of drug-likeness (QED) is 0.683. The van der Waals surface area contributed by atoms with Crippen LogP contribution in [0.15, 0.2) is 4.52 Å². The molecular weight excluding hydrogens is 196 g/mol. The van der Waals surface area contributed by atoms with Gasteiger partial charge in [-0.05, 0) is 5.92 Å². The maximum Gasteiger partial charge on any atom is 0.240 e. The van der Waals surface area contributed by atoms with Gasteiger partial charge in [0.05, 0.1) is 13.1 Å². The Labute approximate surface area is 88.2 Å². The van der Waals surface area contributed by atoms with Gasteiger partial charge < -0.3 is 10.3 Å². The van der Waals surface area contributed by atoms with Crippen molar-refractivity contribution in [2.24, 2.45) is 11.7 Å². The molecule has 1 rings (SSSR count). The van der Waals surface area contributed by atoms with E-state index in [1.54, 1.807) is 0 Å². The maximum absolute atomic E-state index is 10.4. The molecule has 0 saturated heterocycles. The highest BCUT2D eigenvalue weighted by molar-refractivity contribution is 5.75. The van der Waals surface area contributed by atoms with Gasteiger partial charge in [0, 0.05) is 6.42 Å². The first-order chi connectivity index (χ1) is 7.08. The van der Waals surface area contributed by atoms with E-state index in [1.807, 2.05) is 0 Å². The monoisotopic (exact) mass is 212 g/mol. The number of primary amides is 1. The Morgan fingerprint density at radius 2 is 2.33 bits per heavy atom. The normalized spacial score (nSPS) is 10.9. The summed E-state index contributed by atoms with van der Waals surface area (Å²) >= 11 is 0. The van der Waals surface area contributed by atoms with Crippen LogP contribution >= 0.6 is 0 Å². The molecule has 84 valence electrons. The summed E-state index contributed by atoms with van der Waals surface area (Å²) in [5.41, 5.74) is 4.96. The molecule has 3 N–H and O–H groups in total. The molecule has 1 heterocycles. The summed E-state index contributed by atoms with van der Waals surface area (Å²) < 4.78 is 4.97. The molecule has 15 heavy (non-hydrogen) atoms. The summed E-state index contributed by atoms with van der Waals surface area (Å²) in [5.74, 6) is 1.26. The van der Waals surface area contributed by atoms with Crippen LogP contribution in [0.3, 0.4) is 0 Å². The van der Waals surface area contributed by atoms with Gasteiger partial charge in [-0.15, -0.1) is 0 Å². The van der Waals surface area contributed by atoms with E-state index in [1.165, 1.54) is 0 Å². The molecule has 0 unspecified atom stereocenters. The van der Waals surface area contributed by atoms with Crippen LogP contribution in [-0.4, -0.2) is 22.6 Å². The van der Waals surface area contributed by atoms with Gasteiger partial charge in [-0.25, -0.2) is 0 Å². The average molecular weight is 212 g/mol. The lowest BCUT2D eigenvalue weighted by Gasteiger charge is -1.96. The number of aromatic nitrogens is 2. The van der Waals surface area contributed by atoms with Crippen molar-refractivity contribution in [1.29, 1.82) is 0 Å². The van der Waals surface area contributed by atoms with E-state index in [2.05, 4.69) is 29.3 Å². The molecule has 6 nitrogen and oxygen atoms in total. The van der Waals surface area contributed by atoms with Crippen LogP contribution in [0.4, 0.5) is 0 Å². The molecule has 0 aliphatic heterocycles. The van der Waals surface area contributed by atoms with Crippen molar-refractivity contribution in [2.75, 3.05) is 6.54 Å². The largest absolute Gasteiger partial charge is 0.369 e. The van der Waals surface area contributed by atoms with Gasteiger partial charge in [0.15, 0.2) is 5.82 Å². The van der Waals surface area contributed by atoms with Crippen LogP contribution in [-0.2, 0) is 17.8 Å². The number of hydrogen-bond acceptors (Lipinski definition) is 5. The van der Waals surface area contributed by atoms with Gasteiger partial charge in [-0.3, -0.25) is 10.1 Å². The second kappa shape index (κ2) is 5.45. The van der Waals surface area contributed by atoms with Crippen LogP contribution in [0.2, 0.25) is 0 Å². The summed E-state index contributed by atoms with van der Waals surface area (Å²) in [6, 6.07) is 0. The van der Waals surface area contributed by atoms with Gasteiger partial charge >= 0.3 is 0 Å². The molecular formula is C9H16N4O2. The Morgan fingerprint density at radius 3 is 2.93 bits per heavy atom. The lowest BCUT2D eigenvalue weighted by atomic mass is 10.1. The third-order valence-corrected chi connectivity index (χ3v) is 1.68. The fourth-order valence-corrected chi connectivity index (χ4v) is 1.10. The van der Waals surface area contributed by atoms with E-state index >= 15 is 0 Å². The zero-order chi connectivity index (χ0) is 11.3. The van der Waals surface area contributed by atoms with Gasteiger partial charge in [-0.2, -0.15) is 4.98 Å². The predicted molar refractivity (Wildman–Crippen MR) is 53.7 cm³/mol. The van der Waals surface area contributed by atoms with E-state index in [0.717, 1.165) is 6.42 Å². The molecule has 0 spiro atoms. The van der Waals surface area contributed by atoms with Crippen molar-refractivity contribution < 1.29 is 9.32 Å². The number of carbonyl (C=O) groups is 1. The SMILES string of the molecule is CC(C)Cc1noc(CNCC(N)=O)n1. The Bertz CT molecular complexity index is 322. The first-order valence-corrected chi connectivity index (χ1v) is 4.88. The fourth-order valence-electron chi connectivity index (χ4n) is 1.10. The Balaban J connectivity index is 2.36. The highest BCUT2D eigenvalue weighted by Crippen LogP contribution is 2.04. The first kappa shape index (κ1) is 11.6. The zero-order valence-electron chi connectivity index (χ0n) is 8.99. The molecule has 0 fully saturated rings. The zero-order valence-corrected chi connectivity index (χ0v) is 8.99. The van der Waals surface area contributed by atoms with Crippen LogP contribution < -0.4 is 11.1 Å². The van der Waals surface area contributed by atoms with E-state index in [0.29, 0.717) is 24.2 Å². The van der Waals surface area contributed by atoms with Crippen LogP contribution in [0, 0.1) is 5.92 Å². The smallest absolute Gasteiger partial charge is 0.240 e. The minimum Gasteiger partial charge on any atom is -0.369 e. The van der Waals surface area contributed by atoms with Gasteiger partial charge in [0.25, 0.3) is 0 Å². The number of nitrogens with zero attached hydrogens (tertiary/aromatic N) is 2. The second-order valence-electron chi connectivity index (χ2n) is 3.77. The van der Waals surface area contributed by atoms with Gasteiger partial charge in [0.1, 0.15) is 0 Å². The van der Waals surface area contributed by atoms with Crippen LogP contribution in [0.25, 0.3) is 0 Å². The molecule has 0 aliphatic carbocycles. The highest BCUT2D eigenvalue weighted by Gasteiger charge is 2.07. The van der Waals surface area contributed by atoms with Crippen LogP contribution in [0.1, 0.15) is 25.6 Å². The molecule has 0 atom stereocenters. The Morgan fingerprint density at radius 1 is 1.60 bits per heavy atom. The summed E-state index contributed by atoms with van der Waals surface area (Å²) in [4.78, 5) is 14.6. The topological polar surface area (TPSA) is 94.0 Å². The first-order valence-electron chi connectivity index (χ1n) is 4.88. The number of rotatable bonds is 6. The molecule has 1 amide bonds. The summed E-state index contributed by atoms with van der Waals surface area (Å²) in [6.45, 7) is 4.65. The van der Waals surface area contributed by atoms with Gasteiger partial charge in [0.2, 0.25) is 11.8 Å². The fraction of sp³-hybridized carbons (Fsp3) is 0.667. The molecule has 6 heteroatoms. The van der Waals surface area contributed by atoms with E-state index < -0.39 is 5.91 Å². The average Bonchev–Trinajstić information content (AvgIpc) is 2.50. The molecule has 0 radical (unpaired) electrons. The lowest BCUT2D eigenvalue weighted by Crippen LogP contribution is -2.28. The summed E-state index contributed by atoms with van der Waals surface area (Å²) in [5, 5.41) is 6.61. The van der Waals surface area contributed by atoms with Crippen molar-refractivity contribution in [3.05, 3.63) is 11.7 Å². The number of amides is 1. The van der Waals surface area contributed by atoms with E-state index in [9.17, 15) is 4.79 Å². The number of nitrogens with two attached hydrogens (primary N) is 1. The molecule has 0 aromatic carbocycles. The molecule has 1 aromatic rings.